The van der Waals surface area contributed by atoms with E-state index in [-0.39, 0.29) is 5.78 Å². The number of ketones is 1. The van der Waals surface area contributed by atoms with Crippen LogP contribution in [0.2, 0.25) is 0 Å². The van der Waals surface area contributed by atoms with Gasteiger partial charge in [0.1, 0.15) is 5.78 Å². The van der Waals surface area contributed by atoms with E-state index in [4.69, 9.17) is 11.6 Å². The molecule has 0 N–H and O–H groups in total. The topological polar surface area (TPSA) is 17.1 Å². The Morgan fingerprint density at radius 2 is 2.21 bits per heavy atom. The van der Waals surface area contributed by atoms with E-state index in [9.17, 15) is 4.79 Å². The van der Waals surface area contributed by atoms with Crippen LogP contribution in [-0.2, 0) is 17.1 Å². The lowest BCUT2D eigenvalue weighted by atomic mass is 10.1. The molecule has 0 saturated carbocycles. The van der Waals surface area contributed by atoms with E-state index in [2.05, 4.69) is 38.5 Å². The molecule has 76 valence electrons. The lowest BCUT2D eigenvalue weighted by Gasteiger charge is -2.04. The highest BCUT2D eigenvalue weighted by Gasteiger charge is 2.04. The summed E-state index contributed by atoms with van der Waals surface area (Å²) in [6.07, 6.45) is 0.478. The summed E-state index contributed by atoms with van der Waals surface area (Å²) in [7, 11) is 0. The van der Waals surface area contributed by atoms with Crippen molar-refractivity contribution in [3.63, 3.8) is 0 Å². The number of Topliss-reactive ketones (excluding diaryl/α,β-unsaturated/α-hetero) is 1. The van der Waals surface area contributed by atoms with Gasteiger partial charge in [0.2, 0.25) is 0 Å². The highest BCUT2D eigenvalue weighted by Crippen LogP contribution is 2.17. The van der Waals surface area contributed by atoms with Crippen LogP contribution in [-0.4, -0.2) is 11.1 Å². The number of carbonyl (C=O) groups excluding carboxylic acids is 1. The van der Waals surface area contributed by atoms with E-state index in [0.717, 1.165) is 14.7 Å². The molecule has 4 heteroatoms. The quantitative estimate of drug-likeness (QED) is 0.571. The third-order valence-corrected chi connectivity index (χ3v) is 3.77. The molecule has 0 atom stereocenters. The molecule has 0 aliphatic heterocycles. The fourth-order valence-electron chi connectivity index (χ4n) is 1.12. The van der Waals surface area contributed by atoms with E-state index in [1.165, 1.54) is 0 Å². The van der Waals surface area contributed by atoms with Gasteiger partial charge in [-0.3, -0.25) is 4.79 Å². The molecule has 0 aliphatic carbocycles. The molecule has 1 nitrogen and oxygen atoms in total. The monoisotopic (exact) mass is 386 g/mol. The molecule has 0 saturated heterocycles. The van der Waals surface area contributed by atoms with Crippen molar-refractivity contribution in [2.24, 2.45) is 0 Å². The predicted molar refractivity (Wildman–Crippen MR) is 71.2 cm³/mol. The van der Waals surface area contributed by atoms with Crippen LogP contribution in [0.5, 0.6) is 0 Å². The number of alkyl halides is 2. The van der Waals surface area contributed by atoms with E-state index in [1.54, 1.807) is 0 Å². The number of benzene rings is 1. The van der Waals surface area contributed by atoms with Gasteiger partial charge in [0, 0.05) is 15.9 Å². The summed E-state index contributed by atoms with van der Waals surface area (Å²) in [6, 6.07) is 5.96. The third kappa shape index (κ3) is 3.51. The standard InChI is InChI=1S/C10H9BrClIO/c11-5-9(14)4-7-1-2-10(13)8(3-7)6-12/h1-3H,4-6H2. The molecule has 0 fully saturated rings. The number of halogens is 3. The Morgan fingerprint density at radius 3 is 2.79 bits per heavy atom. The van der Waals surface area contributed by atoms with Crippen molar-refractivity contribution in [3.8, 4) is 0 Å². The Kier molecular flexibility index (Phi) is 5.41. The van der Waals surface area contributed by atoms with Crippen LogP contribution in [0.1, 0.15) is 11.1 Å². The largest absolute Gasteiger partial charge is 0.298 e. The van der Waals surface area contributed by atoms with Gasteiger partial charge in [0.05, 0.1) is 5.33 Å². The van der Waals surface area contributed by atoms with Gasteiger partial charge in [-0.15, -0.1) is 11.6 Å². The van der Waals surface area contributed by atoms with Crippen LogP contribution < -0.4 is 0 Å². The molecule has 1 rings (SSSR count). The first kappa shape index (κ1) is 12.5. The van der Waals surface area contributed by atoms with Crippen LogP contribution in [0, 0.1) is 3.57 Å². The second-order valence-corrected chi connectivity index (χ2v) is 4.90. The first-order valence-electron chi connectivity index (χ1n) is 4.08. The normalized spacial score (nSPS) is 10.2. The van der Waals surface area contributed by atoms with Gasteiger partial charge in [0.15, 0.2) is 0 Å². The third-order valence-electron chi connectivity index (χ3n) is 1.80. The number of hydrogen-bond acceptors (Lipinski definition) is 1. The first-order chi connectivity index (χ1) is 6.67. The van der Waals surface area contributed by atoms with Gasteiger partial charge in [0.25, 0.3) is 0 Å². The molecular formula is C10H9BrClIO. The number of rotatable bonds is 4. The first-order valence-corrected chi connectivity index (χ1v) is 6.81. The van der Waals surface area contributed by atoms with Crippen molar-refractivity contribution in [3.05, 3.63) is 32.9 Å². The predicted octanol–water partition coefficient (Wildman–Crippen LogP) is 3.54. The molecule has 14 heavy (non-hydrogen) atoms. The molecule has 0 unspecified atom stereocenters. The van der Waals surface area contributed by atoms with Crippen molar-refractivity contribution < 1.29 is 4.79 Å². The highest BCUT2D eigenvalue weighted by molar-refractivity contribution is 14.1. The number of hydrogen-bond donors (Lipinski definition) is 0. The molecule has 1 aromatic rings. The van der Waals surface area contributed by atoms with Gasteiger partial charge >= 0.3 is 0 Å². The Labute approximate surface area is 110 Å². The maximum Gasteiger partial charge on any atom is 0.147 e. The lowest BCUT2D eigenvalue weighted by Crippen LogP contribution is -2.04. The fourth-order valence-corrected chi connectivity index (χ4v) is 2.29. The summed E-state index contributed by atoms with van der Waals surface area (Å²) in [4.78, 5) is 11.2. The van der Waals surface area contributed by atoms with Crippen molar-refractivity contribution in [1.82, 2.24) is 0 Å². The van der Waals surface area contributed by atoms with E-state index >= 15 is 0 Å². The average molecular weight is 387 g/mol. The zero-order chi connectivity index (χ0) is 10.6. The Bertz CT molecular complexity index is 341. The van der Waals surface area contributed by atoms with E-state index in [1.807, 2.05) is 18.2 Å². The van der Waals surface area contributed by atoms with E-state index < -0.39 is 0 Å². The summed E-state index contributed by atoms with van der Waals surface area (Å²) < 4.78 is 1.15. The number of carbonyl (C=O) groups is 1. The smallest absolute Gasteiger partial charge is 0.147 e. The molecule has 0 aromatic heterocycles. The van der Waals surface area contributed by atoms with Gasteiger partial charge in [-0.05, 0) is 39.8 Å². The van der Waals surface area contributed by atoms with Gasteiger partial charge in [-0.25, -0.2) is 0 Å². The second kappa shape index (κ2) is 6.08. The van der Waals surface area contributed by atoms with Crippen molar-refractivity contribution in [2.75, 3.05) is 5.33 Å². The molecule has 0 bridgehead atoms. The molecule has 0 amide bonds. The van der Waals surface area contributed by atoms with Gasteiger partial charge < -0.3 is 0 Å². The Balaban J connectivity index is 2.84. The summed E-state index contributed by atoms with van der Waals surface area (Å²) in [5.41, 5.74) is 2.12. The van der Waals surface area contributed by atoms with Crippen LogP contribution in [0.25, 0.3) is 0 Å². The lowest BCUT2D eigenvalue weighted by molar-refractivity contribution is -0.115. The molecule has 0 spiro atoms. The van der Waals surface area contributed by atoms with E-state index in [0.29, 0.717) is 17.6 Å². The SMILES string of the molecule is O=C(CBr)Cc1ccc(I)c(CCl)c1. The zero-order valence-electron chi connectivity index (χ0n) is 7.40. The molecule has 0 heterocycles. The van der Waals surface area contributed by atoms with Gasteiger partial charge in [-0.2, -0.15) is 0 Å². The average Bonchev–Trinajstić information content (AvgIpc) is 2.20. The van der Waals surface area contributed by atoms with Crippen LogP contribution >= 0.6 is 50.1 Å². The summed E-state index contributed by atoms with van der Waals surface area (Å²) in [5.74, 6) is 0.681. The molecule has 0 radical (unpaired) electrons. The van der Waals surface area contributed by atoms with Crippen molar-refractivity contribution in [1.29, 1.82) is 0 Å². The van der Waals surface area contributed by atoms with Crippen LogP contribution in [0.3, 0.4) is 0 Å². The molecular weight excluding hydrogens is 378 g/mol. The maximum absolute atomic E-state index is 11.2. The Morgan fingerprint density at radius 1 is 1.50 bits per heavy atom. The molecule has 0 aliphatic rings. The minimum absolute atomic E-state index is 0.187. The fraction of sp³-hybridized carbons (Fsp3) is 0.300. The summed E-state index contributed by atoms with van der Waals surface area (Å²) in [6.45, 7) is 0. The highest BCUT2D eigenvalue weighted by atomic mass is 127. The summed E-state index contributed by atoms with van der Waals surface area (Å²) in [5, 5.41) is 0.412. The maximum atomic E-state index is 11.2. The van der Waals surface area contributed by atoms with Crippen LogP contribution in [0.15, 0.2) is 18.2 Å². The minimum Gasteiger partial charge on any atom is -0.298 e. The molecule has 1 aromatic carbocycles. The second-order valence-electron chi connectivity index (χ2n) is 2.91. The van der Waals surface area contributed by atoms with Gasteiger partial charge in [-0.1, -0.05) is 28.1 Å². The zero-order valence-corrected chi connectivity index (χ0v) is 11.9. The van der Waals surface area contributed by atoms with Crippen molar-refractivity contribution in [2.45, 2.75) is 12.3 Å². The summed E-state index contributed by atoms with van der Waals surface area (Å²) >= 11 is 11.2. The Hall–Kier alpha value is 0.390. The van der Waals surface area contributed by atoms with Crippen LogP contribution in [0.4, 0.5) is 0 Å². The van der Waals surface area contributed by atoms with Crippen molar-refractivity contribution >= 4 is 55.9 Å². The minimum atomic E-state index is 0.187.